The van der Waals surface area contributed by atoms with Gasteiger partial charge < -0.3 is 10.6 Å². The molecule has 0 bridgehead atoms. The van der Waals surface area contributed by atoms with Crippen LogP contribution >= 0.6 is 0 Å². The van der Waals surface area contributed by atoms with E-state index in [1.165, 1.54) is 30.5 Å². The molecule has 0 radical (unpaired) electrons. The summed E-state index contributed by atoms with van der Waals surface area (Å²) >= 11 is 0. The third kappa shape index (κ3) is 2.39. The maximum Gasteiger partial charge on any atom is 0.139 e. The van der Waals surface area contributed by atoms with Gasteiger partial charge in [-0.15, -0.1) is 0 Å². The molecule has 1 aromatic rings. The van der Waals surface area contributed by atoms with E-state index in [1.54, 1.807) is 0 Å². The normalized spacial score (nSPS) is 22.4. The van der Waals surface area contributed by atoms with Crippen molar-refractivity contribution in [1.29, 1.82) is 5.41 Å². The lowest BCUT2D eigenvalue weighted by atomic mass is 10.1. The van der Waals surface area contributed by atoms with Crippen molar-refractivity contribution in [1.82, 2.24) is 9.88 Å². The highest BCUT2D eigenvalue weighted by molar-refractivity contribution is 6.00. The van der Waals surface area contributed by atoms with Gasteiger partial charge in [-0.2, -0.15) is 0 Å². The molecule has 5 heteroatoms. The number of fused-ring (bicyclic) bond motifs is 1. The molecule has 0 amide bonds. The van der Waals surface area contributed by atoms with Crippen molar-refractivity contribution in [3.8, 4) is 0 Å². The lowest BCUT2D eigenvalue weighted by molar-refractivity contribution is 0.247. The minimum absolute atomic E-state index is 0.150. The molecular weight excluding hydrogens is 262 g/mol. The number of anilines is 1. The topological polar surface area (TPSA) is 69.2 Å². The molecule has 1 saturated heterocycles. The number of rotatable bonds is 3. The highest BCUT2D eigenvalue weighted by Gasteiger charge is 2.32. The Hall–Kier alpha value is -1.62. The molecule has 3 aliphatic rings. The summed E-state index contributed by atoms with van der Waals surface area (Å²) in [5, 5.41) is 7.88. The van der Waals surface area contributed by atoms with Gasteiger partial charge in [0.05, 0.1) is 5.56 Å². The lowest BCUT2D eigenvalue weighted by Gasteiger charge is -2.36. The molecule has 2 heterocycles. The number of pyridine rings is 1. The van der Waals surface area contributed by atoms with Gasteiger partial charge in [0.1, 0.15) is 11.7 Å². The van der Waals surface area contributed by atoms with Gasteiger partial charge in [-0.3, -0.25) is 10.3 Å². The summed E-state index contributed by atoms with van der Waals surface area (Å²) in [6, 6.07) is 2.95. The second-order valence-electron chi connectivity index (χ2n) is 6.49. The highest BCUT2D eigenvalue weighted by Crippen LogP contribution is 2.30. The number of nitrogen functional groups attached to an aromatic ring is 1. The molecule has 5 nitrogen and oxygen atoms in total. The van der Waals surface area contributed by atoms with E-state index in [4.69, 9.17) is 16.1 Å². The van der Waals surface area contributed by atoms with E-state index in [0.717, 1.165) is 56.4 Å². The summed E-state index contributed by atoms with van der Waals surface area (Å²) in [5.74, 6) is 1.09. The lowest BCUT2D eigenvalue weighted by Crippen LogP contribution is -2.48. The first-order valence-corrected chi connectivity index (χ1v) is 8.08. The average molecular weight is 285 g/mol. The zero-order valence-electron chi connectivity index (χ0n) is 12.4. The number of aryl methyl sites for hydroxylation is 2. The molecule has 0 unspecified atom stereocenters. The van der Waals surface area contributed by atoms with Crippen LogP contribution in [0.25, 0.3) is 0 Å². The Labute approximate surface area is 125 Å². The highest BCUT2D eigenvalue weighted by atomic mass is 15.3. The predicted octanol–water partition coefficient (Wildman–Crippen LogP) is 1.14. The number of piperazine rings is 1. The van der Waals surface area contributed by atoms with Gasteiger partial charge in [0, 0.05) is 37.9 Å². The monoisotopic (exact) mass is 285 g/mol. The Morgan fingerprint density at radius 1 is 1.19 bits per heavy atom. The molecule has 1 aliphatic heterocycles. The summed E-state index contributed by atoms with van der Waals surface area (Å²) in [4.78, 5) is 9.79. The molecule has 1 saturated carbocycles. The molecule has 3 N–H and O–H groups in total. The van der Waals surface area contributed by atoms with Crippen LogP contribution in [-0.4, -0.2) is 47.9 Å². The quantitative estimate of drug-likeness (QED) is 0.645. The second-order valence-corrected chi connectivity index (χ2v) is 6.49. The van der Waals surface area contributed by atoms with E-state index in [-0.39, 0.29) is 5.84 Å². The van der Waals surface area contributed by atoms with Gasteiger partial charge in [0.15, 0.2) is 0 Å². The predicted molar refractivity (Wildman–Crippen MR) is 84.1 cm³/mol. The maximum atomic E-state index is 7.88. The van der Waals surface area contributed by atoms with Crippen LogP contribution in [-0.2, 0) is 12.8 Å². The van der Waals surface area contributed by atoms with Crippen molar-refractivity contribution < 1.29 is 0 Å². The van der Waals surface area contributed by atoms with Gasteiger partial charge in [-0.1, -0.05) is 0 Å². The van der Waals surface area contributed by atoms with Crippen LogP contribution in [0.15, 0.2) is 6.07 Å². The van der Waals surface area contributed by atoms with Crippen molar-refractivity contribution in [3.05, 3.63) is 22.9 Å². The SMILES string of the molecule is N=C(N)c1cc2c(nc1N1CCN(C3CC3)CC1)CCC2. The number of nitrogens with one attached hydrogen (secondary N) is 1. The van der Waals surface area contributed by atoms with E-state index >= 15 is 0 Å². The molecule has 0 atom stereocenters. The maximum absolute atomic E-state index is 7.88. The van der Waals surface area contributed by atoms with Crippen molar-refractivity contribution in [2.45, 2.75) is 38.1 Å². The Balaban J connectivity index is 1.60. The molecular formula is C16H23N5. The van der Waals surface area contributed by atoms with Gasteiger partial charge in [0.2, 0.25) is 0 Å². The first-order chi connectivity index (χ1) is 10.2. The van der Waals surface area contributed by atoms with E-state index in [9.17, 15) is 0 Å². The fraction of sp³-hybridized carbons (Fsp3) is 0.625. The van der Waals surface area contributed by atoms with Crippen molar-refractivity contribution in [2.24, 2.45) is 5.73 Å². The van der Waals surface area contributed by atoms with Crippen LogP contribution in [0.4, 0.5) is 5.82 Å². The summed E-state index contributed by atoms with van der Waals surface area (Å²) in [6.07, 6.45) is 6.07. The summed E-state index contributed by atoms with van der Waals surface area (Å²) in [5.41, 5.74) is 9.15. The van der Waals surface area contributed by atoms with Crippen molar-refractivity contribution in [3.63, 3.8) is 0 Å². The van der Waals surface area contributed by atoms with E-state index in [2.05, 4.69) is 15.9 Å². The third-order valence-corrected chi connectivity index (χ3v) is 5.00. The molecule has 112 valence electrons. The van der Waals surface area contributed by atoms with Gasteiger partial charge in [-0.05, 0) is 43.7 Å². The van der Waals surface area contributed by atoms with Crippen LogP contribution in [0.1, 0.15) is 36.1 Å². The summed E-state index contributed by atoms with van der Waals surface area (Å²) in [7, 11) is 0. The number of aromatic nitrogens is 1. The largest absolute Gasteiger partial charge is 0.384 e. The number of nitrogens with two attached hydrogens (primary N) is 1. The molecule has 0 spiro atoms. The summed E-state index contributed by atoms with van der Waals surface area (Å²) in [6.45, 7) is 4.23. The van der Waals surface area contributed by atoms with E-state index < -0.39 is 0 Å². The minimum Gasteiger partial charge on any atom is -0.384 e. The Bertz CT molecular complexity index is 570. The standard InChI is InChI=1S/C16H23N5/c17-15(18)13-10-11-2-1-3-14(11)19-16(13)21-8-6-20(7-9-21)12-4-5-12/h10,12H,1-9H2,(H3,17,18). The average Bonchev–Trinajstić information content (AvgIpc) is 3.24. The van der Waals surface area contributed by atoms with E-state index in [1.807, 2.05) is 0 Å². The molecule has 0 aromatic carbocycles. The first-order valence-electron chi connectivity index (χ1n) is 8.08. The first kappa shape index (κ1) is 13.1. The van der Waals surface area contributed by atoms with Crippen molar-refractivity contribution >= 4 is 11.7 Å². The second kappa shape index (κ2) is 4.98. The van der Waals surface area contributed by atoms with Gasteiger partial charge in [0.25, 0.3) is 0 Å². The Morgan fingerprint density at radius 3 is 2.62 bits per heavy atom. The van der Waals surface area contributed by atoms with Crippen LogP contribution in [0.3, 0.4) is 0 Å². The van der Waals surface area contributed by atoms with Crippen LogP contribution < -0.4 is 10.6 Å². The third-order valence-electron chi connectivity index (χ3n) is 5.00. The number of amidine groups is 1. The molecule has 1 aromatic heterocycles. The Morgan fingerprint density at radius 2 is 1.95 bits per heavy atom. The zero-order chi connectivity index (χ0) is 14.4. The molecule has 21 heavy (non-hydrogen) atoms. The van der Waals surface area contributed by atoms with Crippen LogP contribution in [0, 0.1) is 5.41 Å². The fourth-order valence-electron chi connectivity index (χ4n) is 3.64. The van der Waals surface area contributed by atoms with Crippen LogP contribution in [0.5, 0.6) is 0 Å². The van der Waals surface area contributed by atoms with Gasteiger partial charge >= 0.3 is 0 Å². The molecule has 2 aliphatic carbocycles. The van der Waals surface area contributed by atoms with E-state index in [0.29, 0.717) is 0 Å². The Kier molecular flexibility index (Phi) is 3.10. The number of hydrogen-bond donors (Lipinski definition) is 2. The fourth-order valence-corrected chi connectivity index (χ4v) is 3.64. The summed E-state index contributed by atoms with van der Waals surface area (Å²) < 4.78 is 0. The molecule has 2 fully saturated rings. The van der Waals surface area contributed by atoms with Crippen molar-refractivity contribution in [2.75, 3.05) is 31.1 Å². The zero-order valence-corrected chi connectivity index (χ0v) is 12.4. The molecule has 4 rings (SSSR count). The smallest absolute Gasteiger partial charge is 0.139 e. The number of hydrogen-bond acceptors (Lipinski definition) is 4. The van der Waals surface area contributed by atoms with Gasteiger partial charge in [-0.25, -0.2) is 4.98 Å². The minimum atomic E-state index is 0.150. The number of nitrogens with zero attached hydrogens (tertiary/aromatic N) is 3. The van der Waals surface area contributed by atoms with Crippen LogP contribution in [0.2, 0.25) is 0 Å².